The molecular weight excluding hydrogens is 200 g/mol. The van der Waals surface area contributed by atoms with Crippen molar-refractivity contribution in [2.45, 2.75) is 12.8 Å². The Hall–Kier alpha value is -0.620. The summed E-state index contributed by atoms with van der Waals surface area (Å²) >= 11 is 6.49. The van der Waals surface area contributed by atoms with Gasteiger partial charge in [-0.15, -0.1) is 0 Å². The molecule has 66 valence electrons. The van der Waals surface area contributed by atoms with Crippen LogP contribution in [0.25, 0.3) is 0 Å². The van der Waals surface area contributed by atoms with E-state index in [1.54, 1.807) is 0 Å². The SMILES string of the molecule is O=C(S)C(=O)CCC(=O)C(=O)S. The number of Topliss-reactive ketones (excluding diaryl/α,β-unsaturated/α-hetero) is 2. The maximum atomic E-state index is 10.6. The van der Waals surface area contributed by atoms with Crippen LogP contribution in [-0.2, 0) is 19.2 Å². The van der Waals surface area contributed by atoms with Gasteiger partial charge in [-0.05, 0) is 0 Å². The number of thiol groups is 2. The molecule has 0 amide bonds. The lowest BCUT2D eigenvalue weighted by Crippen LogP contribution is -2.13. The molecule has 0 atom stereocenters. The second-order valence-electron chi connectivity index (χ2n) is 1.96. The smallest absolute Gasteiger partial charge is 0.251 e. The van der Waals surface area contributed by atoms with Crippen LogP contribution in [0.4, 0.5) is 0 Å². The van der Waals surface area contributed by atoms with Crippen LogP contribution in [0.3, 0.4) is 0 Å². The third-order valence-corrected chi connectivity index (χ3v) is 1.55. The largest absolute Gasteiger partial charge is 0.290 e. The number of rotatable bonds is 5. The lowest BCUT2D eigenvalue weighted by atomic mass is 10.2. The van der Waals surface area contributed by atoms with Crippen molar-refractivity contribution in [3.8, 4) is 0 Å². The van der Waals surface area contributed by atoms with Gasteiger partial charge in [0.05, 0.1) is 0 Å². The summed E-state index contributed by atoms with van der Waals surface area (Å²) in [5, 5.41) is -1.82. The van der Waals surface area contributed by atoms with E-state index in [1.165, 1.54) is 0 Å². The normalized spacial score (nSPS) is 9.17. The molecule has 0 aromatic heterocycles. The molecule has 0 aromatic carbocycles. The van der Waals surface area contributed by atoms with E-state index in [1.807, 2.05) is 0 Å². The molecule has 0 unspecified atom stereocenters. The van der Waals surface area contributed by atoms with Crippen LogP contribution >= 0.6 is 25.3 Å². The molecule has 0 rings (SSSR count). The molecule has 0 radical (unpaired) electrons. The van der Waals surface area contributed by atoms with Crippen LogP contribution in [0, 0.1) is 0 Å². The summed E-state index contributed by atoms with van der Waals surface area (Å²) in [6.45, 7) is 0. The average Bonchev–Trinajstić information content (AvgIpc) is 1.98. The van der Waals surface area contributed by atoms with Crippen molar-refractivity contribution in [3.05, 3.63) is 0 Å². The number of hydrogen-bond donors (Lipinski definition) is 2. The quantitative estimate of drug-likeness (QED) is 0.483. The molecule has 12 heavy (non-hydrogen) atoms. The molecule has 0 spiro atoms. The number of ketones is 2. The van der Waals surface area contributed by atoms with Crippen molar-refractivity contribution in [1.29, 1.82) is 0 Å². The Morgan fingerprint density at radius 3 is 1.17 bits per heavy atom. The van der Waals surface area contributed by atoms with Crippen LogP contribution in [-0.4, -0.2) is 21.8 Å². The van der Waals surface area contributed by atoms with Gasteiger partial charge in [0.2, 0.25) is 11.6 Å². The average molecular weight is 206 g/mol. The Morgan fingerprint density at radius 2 is 1.00 bits per heavy atom. The predicted octanol–water partition coefficient (Wildman–Crippen LogP) is -0.182. The first-order valence-corrected chi connectivity index (χ1v) is 3.87. The van der Waals surface area contributed by atoms with Crippen LogP contribution in [0.2, 0.25) is 0 Å². The Labute approximate surface area is 79.5 Å². The molecule has 0 fully saturated rings. The highest BCUT2D eigenvalue weighted by Crippen LogP contribution is 1.98. The van der Waals surface area contributed by atoms with Crippen LogP contribution in [0.5, 0.6) is 0 Å². The molecule has 0 N–H and O–H groups in total. The van der Waals surface area contributed by atoms with Gasteiger partial charge in [-0.1, -0.05) is 25.3 Å². The highest BCUT2D eigenvalue weighted by molar-refractivity contribution is 7.99. The summed E-state index contributed by atoms with van der Waals surface area (Å²) in [5.41, 5.74) is 0. The summed E-state index contributed by atoms with van der Waals surface area (Å²) in [6.07, 6.45) is -0.569. The zero-order chi connectivity index (χ0) is 9.72. The fraction of sp³-hybridized carbons (Fsp3) is 0.333. The van der Waals surface area contributed by atoms with Crippen molar-refractivity contribution in [3.63, 3.8) is 0 Å². The molecular formula is C6H6O4S2. The number of carbonyl (C=O) groups excluding carboxylic acids is 4. The minimum absolute atomic E-state index is 0.284. The van der Waals surface area contributed by atoms with Gasteiger partial charge < -0.3 is 0 Å². The van der Waals surface area contributed by atoms with Gasteiger partial charge in [0.25, 0.3) is 10.2 Å². The van der Waals surface area contributed by atoms with E-state index >= 15 is 0 Å². The van der Waals surface area contributed by atoms with E-state index in [4.69, 9.17) is 0 Å². The number of hydrogen-bond acceptors (Lipinski definition) is 4. The highest BCUT2D eigenvalue weighted by atomic mass is 32.1. The number of carbonyl (C=O) groups is 4. The summed E-state index contributed by atoms with van der Waals surface area (Å²) in [5.74, 6) is -1.55. The standard InChI is InChI=1S/C6H6O4S2/c7-3(5(9)11)1-2-4(8)6(10)12/h1-2H2,(H,9,11)(H,10,12). The maximum absolute atomic E-state index is 10.6. The van der Waals surface area contributed by atoms with Gasteiger partial charge in [0.1, 0.15) is 0 Å². The van der Waals surface area contributed by atoms with E-state index < -0.39 is 21.8 Å². The van der Waals surface area contributed by atoms with Crippen LogP contribution in [0.15, 0.2) is 0 Å². The minimum Gasteiger partial charge on any atom is -0.290 e. The molecule has 0 aliphatic carbocycles. The van der Waals surface area contributed by atoms with Crippen molar-refractivity contribution < 1.29 is 19.2 Å². The van der Waals surface area contributed by atoms with Crippen molar-refractivity contribution in [2.24, 2.45) is 0 Å². The molecule has 4 nitrogen and oxygen atoms in total. The van der Waals surface area contributed by atoms with Gasteiger partial charge in [-0.25, -0.2) is 0 Å². The van der Waals surface area contributed by atoms with E-state index in [2.05, 4.69) is 25.3 Å². The summed E-state index contributed by atoms with van der Waals surface area (Å²) in [6, 6.07) is 0. The minimum atomic E-state index is -0.908. The third kappa shape index (κ3) is 4.30. The molecule has 0 aliphatic rings. The summed E-state index contributed by atoms with van der Waals surface area (Å²) in [7, 11) is 0. The molecule has 0 heterocycles. The predicted molar refractivity (Wildman–Crippen MR) is 47.2 cm³/mol. The fourth-order valence-electron chi connectivity index (χ4n) is 0.441. The van der Waals surface area contributed by atoms with Gasteiger partial charge in [-0.3, -0.25) is 19.2 Å². The first-order chi connectivity index (χ1) is 5.45. The van der Waals surface area contributed by atoms with Crippen LogP contribution < -0.4 is 0 Å². The molecule has 0 aliphatic heterocycles. The lowest BCUT2D eigenvalue weighted by molar-refractivity contribution is -0.134. The Kier molecular flexibility index (Phi) is 4.84. The molecule has 0 aromatic rings. The molecule has 6 heteroatoms. The van der Waals surface area contributed by atoms with Gasteiger partial charge in [0.15, 0.2) is 0 Å². The topological polar surface area (TPSA) is 68.3 Å². The van der Waals surface area contributed by atoms with Crippen LogP contribution in [0.1, 0.15) is 12.8 Å². The van der Waals surface area contributed by atoms with E-state index in [0.717, 1.165) is 0 Å². The third-order valence-electron chi connectivity index (χ3n) is 1.06. The Morgan fingerprint density at radius 1 is 0.750 bits per heavy atom. The zero-order valence-corrected chi connectivity index (χ0v) is 7.73. The summed E-state index contributed by atoms with van der Waals surface area (Å²) in [4.78, 5) is 41.6. The second-order valence-corrected chi connectivity index (χ2v) is 2.77. The molecule has 0 bridgehead atoms. The first-order valence-electron chi connectivity index (χ1n) is 2.97. The Bertz CT molecular complexity index is 220. The van der Waals surface area contributed by atoms with Crippen molar-refractivity contribution >= 4 is 47.1 Å². The molecule has 0 saturated heterocycles. The van der Waals surface area contributed by atoms with E-state index in [9.17, 15) is 19.2 Å². The second kappa shape index (κ2) is 5.10. The monoisotopic (exact) mass is 206 g/mol. The summed E-state index contributed by atoms with van der Waals surface area (Å²) < 4.78 is 0. The van der Waals surface area contributed by atoms with E-state index in [0.29, 0.717) is 0 Å². The fourth-order valence-corrected chi connectivity index (χ4v) is 0.665. The Balaban J connectivity index is 3.85. The van der Waals surface area contributed by atoms with Gasteiger partial charge >= 0.3 is 0 Å². The highest BCUT2D eigenvalue weighted by Gasteiger charge is 2.14. The maximum Gasteiger partial charge on any atom is 0.251 e. The zero-order valence-electron chi connectivity index (χ0n) is 5.94. The first kappa shape index (κ1) is 11.4. The molecule has 0 saturated carbocycles. The van der Waals surface area contributed by atoms with Gasteiger partial charge in [-0.2, -0.15) is 0 Å². The van der Waals surface area contributed by atoms with Crippen molar-refractivity contribution in [1.82, 2.24) is 0 Å². The lowest BCUT2D eigenvalue weighted by Gasteiger charge is -1.92. The van der Waals surface area contributed by atoms with Crippen molar-refractivity contribution in [2.75, 3.05) is 0 Å². The van der Waals surface area contributed by atoms with E-state index in [-0.39, 0.29) is 12.8 Å². The van der Waals surface area contributed by atoms with Gasteiger partial charge in [0, 0.05) is 12.8 Å².